The summed E-state index contributed by atoms with van der Waals surface area (Å²) >= 11 is 0. The molecular formula is C22H21F2N3O3. The van der Waals surface area contributed by atoms with Crippen LogP contribution in [0.5, 0.6) is 0 Å². The number of pyridine rings is 1. The van der Waals surface area contributed by atoms with Crippen molar-refractivity contribution in [2.45, 2.75) is 44.1 Å². The lowest BCUT2D eigenvalue weighted by Crippen LogP contribution is -2.51. The Balaban J connectivity index is 1.47. The van der Waals surface area contributed by atoms with E-state index in [0.717, 1.165) is 21.7 Å². The molecule has 0 atom stereocenters. The molecule has 3 amide bonds. The van der Waals surface area contributed by atoms with E-state index in [-0.39, 0.29) is 12.8 Å². The molecule has 2 heterocycles. The van der Waals surface area contributed by atoms with E-state index in [4.69, 9.17) is 0 Å². The van der Waals surface area contributed by atoms with E-state index in [1.54, 1.807) is 30.5 Å². The lowest BCUT2D eigenvalue weighted by molar-refractivity contribution is -0.135. The van der Waals surface area contributed by atoms with Crippen LogP contribution in [0.15, 0.2) is 42.6 Å². The zero-order valence-corrected chi connectivity index (χ0v) is 16.5. The second-order valence-corrected chi connectivity index (χ2v) is 7.90. The van der Waals surface area contributed by atoms with E-state index in [2.05, 4.69) is 10.3 Å². The molecule has 1 saturated carbocycles. The Morgan fingerprint density at radius 2 is 1.77 bits per heavy atom. The summed E-state index contributed by atoms with van der Waals surface area (Å²) in [7, 11) is 0. The Hall–Kier alpha value is -3.16. The predicted octanol–water partition coefficient (Wildman–Crippen LogP) is 3.74. The van der Waals surface area contributed by atoms with Crippen LogP contribution in [0.2, 0.25) is 0 Å². The molecule has 1 saturated heterocycles. The van der Waals surface area contributed by atoms with Gasteiger partial charge in [0, 0.05) is 35.9 Å². The van der Waals surface area contributed by atoms with Gasteiger partial charge in [0.1, 0.15) is 5.54 Å². The molecule has 8 heteroatoms. The van der Waals surface area contributed by atoms with Gasteiger partial charge in [0.15, 0.2) is 5.78 Å². The molecule has 2 fully saturated rings. The minimum atomic E-state index is -2.83. The summed E-state index contributed by atoms with van der Waals surface area (Å²) in [6.07, 6.45) is 0.518. The second-order valence-electron chi connectivity index (χ2n) is 7.90. The highest BCUT2D eigenvalue weighted by Gasteiger charge is 2.55. The number of nitrogens with zero attached hydrogens (tertiary/aromatic N) is 2. The molecule has 6 nitrogen and oxygen atoms in total. The van der Waals surface area contributed by atoms with E-state index in [1.165, 1.54) is 0 Å². The lowest BCUT2D eigenvalue weighted by Gasteiger charge is -2.34. The number of hydrogen-bond acceptors (Lipinski definition) is 4. The third-order valence-corrected chi connectivity index (χ3v) is 5.91. The molecule has 2 aromatic rings. The summed E-state index contributed by atoms with van der Waals surface area (Å²) in [6.45, 7) is 1.47. The summed E-state index contributed by atoms with van der Waals surface area (Å²) in [6, 6.07) is 9.90. The molecule has 1 aliphatic carbocycles. The maximum atomic E-state index is 13.5. The molecule has 2 aliphatic rings. The van der Waals surface area contributed by atoms with Crippen LogP contribution in [-0.4, -0.2) is 45.6 Å². The average molecular weight is 413 g/mol. The number of imide groups is 1. The SMILES string of the molecule is Cc1ncccc1-c1ccc(C(=O)CN2C(=O)NC3(CCC(F)(F)CC3)C2=O)cc1. The molecule has 1 N–H and O–H groups in total. The van der Waals surface area contributed by atoms with Gasteiger partial charge < -0.3 is 5.32 Å². The first-order valence-corrected chi connectivity index (χ1v) is 9.78. The van der Waals surface area contributed by atoms with Crippen LogP contribution in [0, 0.1) is 6.92 Å². The molecule has 1 aromatic carbocycles. The molecule has 0 bridgehead atoms. The monoisotopic (exact) mass is 413 g/mol. The van der Waals surface area contributed by atoms with Crippen molar-refractivity contribution in [3.05, 3.63) is 53.9 Å². The highest BCUT2D eigenvalue weighted by Crippen LogP contribution is 2.41. The van der Waals surface area contributed by atoms with Gasteiger partial charge >= 0.3 is 6.03 Å². The van der Waals surface area contributed by atoms with Crippen LogP contribution in [-0.2, 0) is 4.79 Å². The van der Waals surface area contributed by atoms with E-state index < -0.39 is 48.6 Å². The number of amides is 3. The number of ketones is 1. The predicted molar refractivity (Wildman–Crippen MR) is 105 cm³/mol. The number of nitrogens with one attached hydrogen (secondary N) is 1. The summed E-state index contributed by atoms with van der Waals surface area (Å²) in [5.74, 6) is -3.82. The van der Waals surface area contributed by atoms with Gasteiger partial charge in [-0.2, -0.15) is 0 Å². The van der Waals surface area contributed by atoms with Gasteiger partial charge in [-0.1, -0.05) is 30.3 Å². The van der Waals surface area contributed by atoms with Crippen molar-refractivity contribution >= 4 is 17.7 Å². The first-order chi connectivity index (χ1) is 14.2. The fourth-order valence-electron chi connectivity index (χ4n) is 4.06. The van der Waals surface area contributed by atoms with Crippen LogP contribution < -0.4 is 5.32 Å². The van der Waals surface area contributed by atoms with E-state index in [9.17, 15) is 23.2 Å². The molecule has 1 spiro atoms. The zero-order valence-electron chi connectivity index (χ0n) is 16.5. The van der Waals surface area contributed by atoms with Crippen LogP contribution in [0.1, 0.15) is 41.7 Å². The molecule has 156 valence electrons. The molecule has 1 aromatic heterocycles. The van der Waals surface area contributed by atoms with Crippen molar-refractivity contribution in [2.24, 2.45) is 0 Å². The van der Waals surface area contributed by atoms with E-state index >= 15 is 0 Å². The minimum absolute atomic E-state index is 0.131. The number of halogens is 2. The Morgan fingerprint density at radius 3 is 2.40 bits per heavy atom. The molecule has 1 aliphatic heterocycles. The van der Waals surface area contributed by atoms with Crippen molar-refractivity contribution in [2.75, 3.05) is 6.54 Å². The van der Waals surface area contributed by atoms with Gasteiger partial charge in [0.2, 0.25) is 5.92 Å². The van der Waals surface area contributed by atoms with Crippen LogP contribution >= 0.6 is 0 Å². The number of benzene rings is 1. The highest BCUT2D eigenvalue weighted by atomic mass is 19.3. The maximum absolute atomic E-state index is 13.5. The third kappa shape index (κ3) is 3.58. The molecule has 0 radical (unpaired) electrons. The van der Waals surface area contributed by atoms with Gasteiger partial charge in [-0.25, -0.2) is 13.6 Å². The minimum Gasteiger partial charge on any atom is -0.323 e. The Kier molecular flexibility index (Phi) is 4.88. The Bertz CT molecular complexity index is 1010. The summed E-state index contributed by atoms with van der Waals surface area (Å²) in [5, 5.41) is 2.55. The molecule has 30 heavy (non-hydrogen) atoms. The average Bonchev–Trinajstić information content (AvgIpc) is 2.95. The Morgan fingerprint density at radius 1 is 1.10 bits per heavy atom. The van der Waals surface area contributed by atoms with Gasteiger partial charge in [0.25, 0.3) is 5.91 Å². The standard InChI is InChI=1S/C22H21F2N3O3/c1-14-17(3-2-12-25-14)15-4-6-16(7-5-15)18(28)13-27-19(29)21(26-20(27)30)8-10-22(23,24)11-9-21/h2-7,12H,8-11,13H2,1H3,(H,26,30). The number of hydrogen-bond donors (Lipinski definition) is 1. The first kappa shape index (κ1) is 20.1. The van der Waals surface area contributed by atoms with Gasteiger partial charge in [-0.05, 0) is 31.4 Å². The topological polar surface area (TPSA) is 79.4 Å². The zero-order chi connectivity index (χ0) is 21.5. The summed E-state index contributed by atoms with van der Waals surface area (Å²) in [5.41, 5.74) is 1.74. The smallest absolute Gasteiger partial charge is 0.323 e. The number of urea groups is 1. The third-order valence-electron chi connectivity index (χ3n) is 5.91. The number of rotatable bonds is 4. The van der Waals surface area contributed by atoms with Crippen LogP contribution in [0.4, 0.5) is 13.6 Å². The largest absolute Gasteiger partial charge is 0.325 e. The van der Waals surface area contributed by atoms with Gasteiger partial charge in [-0.3, -0.25) is 19.5 Å². The molecule has 4 rings (SSSR count). The molecule has 0 unspecified atom stereocenters. The van der Waals surface area contributed by atoms with Crippen molar-refractivity contribution in [3.63, 3.8) is 0 Å². The lowest BCUT2D eigenvalue weighted by atomic mass is 9.80. The second kappa shape index (κ2) is 7.27. The number of carbonyl (C=O) groups excluding carboxylic acids is 3. The Labute approximate surface area is 172 Å². The summed E-state index contributed by atoms with van der Waals surface area (Å²) < 4.78 is 27.0. The highest BCUT2D eigenvalue weighted by molar-refractivity contribution is 6.11. The van der Waals surface area contributed by atoms with E-state index in [1.807, 2.05) is 19.1 Å². The van der Waals surface area contributed by atoms with Crippen molar-refractivity contribution in [1.82, 2.24) is 15.2 Å². The fraction of sp³-hybridized carbons (Fsp3) is 0.364. The number of aromatic nitrogens is 1. The van der Waals surface area contributed by atoms with E-state index in [0.29, 0.717) is 5.56 Å². The number of carbonyl (C=O) groups is 3. The quantitative estimate of drug-likeness (QED) is 0.612. The number of alkyl halides is 2. The normalized spacial score (nSPS) is 19.8. The van der Waals surface area contributed by atoms with Crippen molar-refractivity contribution < 1.29 is 23.2 Å². The summed E-state index contributed by atoms with van der Waals surface area (Å²) in [4.78, 5) is 42.9. The fourth-order valence-corrected chi connectivity index (χ4v) is 4.06. The number of Topliss-reactive ketones (excluding diaryl/α,β-unsaturated/α-hetero) is 1. The van der Waals surface area contributed by atoms with Gasteiger partial charge in [0.05, 0.1) is 6.54 Å². The number of aryl methyl sites for hydroxylation is 1. The van der Waals surface area contributed by atoms with Crippen LogP contribution in [0.3, 0.4) is 0 Å². The van der Waals surface area contributed by atoms with Gasteiger partial charge in [-0.15, -0.1) is 0 Å². The van der Waals surface area contributed by atoms with Crippen LogP contribution in [0.25, 0.3) is 11.1 Å². The van der Waals surface area contributed by atoms with Crippen molar-refractivity contribution in [3.8, 4) is 11.1 Å². The maximum Gasteiger partial charge on any atom is 0.325 e. The van der Waals surface area contributed by atoms with Crippen molar-refractivity contribution in [1.29, 1.82) is 0 Å². The first-order valence-electron chi connectivity index (χ1n) is 9.78. The molecular weight excluding hydrogens is 392 g/mol.